The minimum atomic E-state index is -0.412. The highest BCUT2D eigenvalue weighted by Gasteiger charge is 2.52. The number of piperidine rings is 1. The smallest absolute Gasteiger partial charge is 0.0952 e. The fraction of sp³-hybridized carbons (Fsp3) is 0.455. The lowest BCUT2D eigenvalue weighted by atomic mass is 9.72. The molecule has 2 aromatic heterocycles. The number of aliphatic hydroxyl groups is 1. The van der Waals surface area contributed by atoms with Gasteiger partial charge in [0.15, 0.2) is 0 Å². The van der Waals surface area contributed by atoms with Crippen LogP contribution in [0.3, 0.4) is 0 Å². The molecule has 1 fully saturated rings. The molecule has 3 aromatic rings. The minimum absolute atomic E-state index is 0.0370. The Morgan fingerprint density at radius 2 is 1.89 bits per heavy atom. The van der Waals surface area contributed by atoms with Gasteiger partial charge in [0, 0.05) is 36.7 Å². The van der Waals surface area contributed by atoms with Gasteiger partial charge in [0.25, 0.3) is 0 Å². The second-order valence-corrected chi connectivity index (χ2v) is 8.11. The summed E-state index contributed by atoms with van der Waals surface area (Å²) in [5.74, 6) is 0. The van der Waals surface area contributed by atoms with E-state index in [1.165, 1.54) is 11.1 Å². The number of hydrogen-bond donors (Lipinski definition) is 1. The Morgan fingerprint density at radius 3 is 2.64 bits per heavy atom. The molecule has 146 valence electrons. The van der Waals surface area contributed by atoms with E-state index < -0.39 is 6.10 Å². The quantitative estimate of drug-likeness (QED) is 0.742. The summed E-state index contributed by atoms with van der Waals surface area (Å²) in [6.45, 7) is 4.10. The Hall–Kier alpha value is -2.44. The fourth-order valence-corrected chi connectivity index (χ4v) is 5.23. The Balaban J connectivity index is 1.31. The fourth-order valence-electron chi connectivity index (χ4n) is 5.23. The van der Waals surface area contributed by atoms with Crippen molar-refractivity contribution in [1.29, 1.82) is 0 Å². The summed E-state index contributed by atoms with van der Waals surface area (Å²) in [7, 11) is 0. The van der Waals surface area contributed by atoms with Gasteiger partial charge in [-0.05, 0) is 56.1 Å². The zero-order chi connectivity index (χ0) is 19.0. The van der Waals surface area contributed by atoms with Gasteiger partial charge in [0.2, 0.25) is 0 Å². The highest BCUT2D eigenvalue weighted by Crippen LogP contribution is 2.52. The van der Waals surface area contributed by atoms with E-state index in [1.54, 1.807) is 6.20 Å². The van der Waals surface area contributed by atoms with E-state index in [9.17, 15) is 5.11 Å². The summed E-state index contributed by atoms with van der Waals surface area (Å²) in [6, 6.07) is 10.5. The second kappa shape index (κ2) is 7.18. The van der Waals surface area contributed by atoms with Gasteiger partial charge in [-0.2, -0.15) is 5.10 Å². The first-order chi connectivity index (χ1) is 13.8. The lowest BCUT2D eigenvalue weighted by Crippen LogP contribution is -2.48. The molecule has 1 saturated heterocycles. The van der Waals surface area contributed by atoms with Crippen LogP contribution in [0.1, 0.15) is 36.4 Å². The van der Waals surface area contributed by atoms with E-state index in [2.05, 4.69) is 43.8 Å². The molecule has 1 aromatic carbocycles. The van der Waals surface area contributed by atoms with Crippen LogP contribution in [0.4, 0.5) is 0 Å². The van der Waals surface area contributed by atoms with Crippen molar-refractivity contribution in [3.8, 4) is 0 Å². The molecule has 28 heavy (non-hydrogen) atoms. The number of fused-ring (bicyclic) bond motifs is 2. The average Bonchev–Trinajstić information content (AvgIpc) is 3.46. The number of hydrogen-bond acceptors (Lipinski definition) is 4. The SMILES string of the molecule is O[C@H]1[C@H](n2ccnc2)c2ccccc2C12CCN(CCCn1cccn1)CC2. The van der Waals surface area contributed by atoms with Crippen molar-refractivity contribution < 1.29 is 5.11 Å². The minimum Gasteiger partial charge on any atom is -0.390 e. The standard InChI is InChI=1S/C22H27N5O/c28-21-20(26-16-10-23-17-26)18-5-1-2-6-19(18)22(21)7-14-25(15-8-22)11-4-13-27-12-3-9-24-27/h1-3,5-6,9-10,12,16-17,20-21,28H,4,7-8,11,13-15H2/t20-,21+/m1/s1. The van der Waals surface area contributed by atoms with Crippen LogP contribution >= 0.6 is 0 Å². The Bertz CT molecular complexity index is 897. The first kappa shape index (κ1) is 17.6. The molecule has 2 atom stereocenters. The van der Waals surface area contributed by atoms with Gasteiger partial charge < -0.3 is 14.6 Å². The van der Waals surface area contributed by atoms with Crippen LogP contribution in [0.25, 0.3) is 0 Å². The molecule has 6 heteroatoms. The number of benzene rings is 1. The summed E-state index contributed by atoms with van der Waals surface area (Å²) >= 11 is 0. The summed E-state index contributed by atoms with van der Waals surface area (Å²) in [6.07, 6.45) is 12.1. The van der Waals surface area contributed by atoms with E-state index in [4.69, 9.17) is 0 Å². The van der Waals surface area contributed by atoms with Crippen molar-refractivity contribution in [3.63, 3.8) is 0 Å². The molecule has 0 radical (unpaired) electrons. The molecule has 1 spiro atoms. The Morgan fingerprint density at radius 1 is 1.04 bits per heavy atom. The van der Waals surface area contributed by atoms with Crippen LogP contribution in [0.5, 0.6) is 0 Å². The molecule has 0 saturated carbocycles. The number of likely N-dealkylation sites (tertiary alicyclic amines) is 1. The zero-order valence-electron chi connectivity index (χ0n) is 16.1. The Labute approximate surface area is 165 Å². The van der Waals surface area contributed by atoms with Crippen LogP contribution in [-0.4, -0.2) is 55.1 Å². The molecule has 1 aliphatic heterocycles. The van der Waals surface area contributed by atoms with E-state index in [0.29, 0.717) is 0 Å². The van der Waals surface area contributed by atoms with E-state index >= 15 is 0 Å². The molecule has 0 unspecified atom stereocenters. The first-order valence-corrected chi connectivity index (χ1v) is 10.2. The molecule has 1 aliphatic carbocycles. The highest BCUT2D eigenvalue weighted by atomic mass is 16.3. The lowest BCUT2D eigenvalue weighted by Gasteiger charge is -2.43. The van der Waals surface area contributed by atoms with Crippen molar-refractivity contribution in [2.45, 2.75) is 43.4 Å². The van der Waals surface area contributed by atoms with Crippen molar-refractivity contribution in [1.82, 2.24) is 24.2 Å². The van der Waals surface area contributed by atoms with Crippen molar-refractivity contribution >= 4 is 0 Å². The predicted molar refractivity (Wildman–Crippen MR) is 107 cm³/mol. The lowest BCUT2D eigenvalue weighted by molar-refractivity contribution is 0.0217. The average molecular weight is 377 g/mol. The number of aryl methyl sites for hydroxylation is 1. The largest absolute Gasteiger partial charge is 0.390 e. The van der Waals surface area contributed by atoms with Crippen LogP contribution in [0.15, 0.2) is 61.4 Å². The molecule has 3 heterocycles. The molecule has 6 nitrogen and oxygen atoms in total. The summed E-state index contributed by atoms with van der Waals surface area (Å²) in [5, 5.41) is 15.7. The van der Waals surface area contributed by atoms with Crippen LogP contribution in [0.2, 0.25) is 0 Å². The summed E-state index contributed by atoms with van der Waals surface area (Å²) in [5.41, 5.74) is 2.43. The number of nitrogens with zero attached hydrogens (tertiary/aromatic N) is 5. The zero-order valence-corrected chi connectivity index (χ0v) is 16.1. The molecule has 0 bridgehead atoms. The van der Waals surface area contributed by atoms with Crippen molar-refractivity contribution in [2.24, 2.45) is 0 Å². The van der Waals surface area contributed by atoms with Crippen molar-refractivity contribution in [2.75, 3.05) is 19.6 Å². The van der Waals surface area contributed by atoms with Gasteiger partial charge in [-0.15, -0.1) is 0 Å². The third kappa shape index (κ3) is 2.88. The number of aromatic nitrogens is 4. The molecule has 5 rings (SSSR count). The third-order valence-corrected chi connectivity index (χ3v) is 6.70. The monoisotopic (exact) mass is 377 g/mol. The highest BCUT2D eigenvalue weighted by molar-refractivity contribution is 5.46. The topological polar surface area (TPSA) is 59.1 Å². The molecule has 1 N–H and O–H groups in total. The van der Waals surface area contributed by atoms with Gasteiger partial charge in [0.1, 0.15) is 0 Å². The van der Waals surface area contributed by atoms with E-state index in [-0.39, 0.29) is 11.5 Å². The van der Waals surface area contributed by atoms with E-state index in [1.807, 2.05) is 35.7 Å². The Kier molecular flexibility index (Phi) is 4.53. The van der Waals surface area contributed by atoms with Gasteiger partial charge >= 0.3 is 0 Å². The van der Waals surface area contributed by atoms with Gasteiger partial charge in [-0.1, -0.05) is 24.3 Å². The maximum absolute atomic E-state index is 11.5. The van der Waals surface area contributed by atoms with Crippen molar-refractivity contribution in [3.05, 3.63) is 72.6 Å². The number of rotatable bonds is 5. The molecule has 2 aliphatic rings. The van der Waals surface area contributed by atoms with Crippen LogP contribution < -0.4 is 0 Å². The summed E-state index contributed by atoms with van der Waals surface area (Å²) < 4.78 is 4.06. The van der Waals surface area contributed by atoms with Gasteiger partial charge in [-0.25, -0.2) is 4.98 Å². The maximum atomic E-state index is 11.5. The van der Waals surface area contributed by atoms with Gasteiger partial charge in [-0.3, -0.25) is 4.68 Å². The number of imidazole rings is 1. The first-order valence-electron chi connectivity index (χ1n) is 10.2. The van der Waals surface area contributed by atoms with Gasteiger partial charge in [0.05, 0.1) is 18.5 Å². The molecular weight excluding hydrogens is 350 g/mol. The predicted octanol–water partition coefficient (Wildman–Crippen LogP) is 2.47. The normalized spacial score (nSPS) is 23.9. The van der Waals surface area contributed by atoms with Crippen LogP contribution in [-0.2, 0) is 12.0 Å². The molecule has 0 amide bonds. The third-order valence-electron chi connectivity index (χ3n) is 6.70. The second-order valence-electron chi connectivity index (χ2n) is 8.11. The summed E-state index contributed by atoms with van der Waals surface area (Å²) in [4.78, 5) is 6.75. The van der Waals surface area contributed by atoms with Crippen LogP contribution in [0, 0.1) is 0 Å². The molecular formula is C22H27N5O. The van der Waals surface area contributed by atoms with E-state index in [0.717, 1.165) is 45.4 Å². The number of aliphatic hydroxyl groups excluding tert-OH is 1. The maximum Gasteiger partial charge on any atom is 0.0952 e.